The maximum absolute atomic E-state index is 9.56. The minimum Gasteiger partial charge on any atom is -0.507 e. The van der Waals surface area contributed by atoms with E-state index in [0.717, 1.165) is 11.1 Å². The molecule has 0 aliphatic carbocycles. The fraction of sp³-hybridized carbons (Fsp3) is 0.250. The van der Waals surface area contributed by atoms with Crippen molar-refractivity contribution in [3.05, 3.63) is 54.6 Å². The number of hydrogen-bond donors (Lipinski definition) is 4. The van der Waals surface area contributed by atoms with Crippen LogP contribution in [-0.4, -0.2) is 41.6 Å². The number of hydrogen-bond acceptors (Lipinski definition) is 4. The van der Waals surface area contributed by atoms with Gasteiger partial charge in [-0.25, -0.2) is 0 Å². The second-order valence-electron chi connectivity index (χ2n) is 4.08. The number of benzene rings is 2. The fourth-order valence-electron chi connectivity index (χ4n) is 1.62. The van der Waals surface area contributed by atoms with Gasteiger partial charge in [0, 0.05) is 18.7 Å². The lowest BCUT2D eigenvalue weighted by atomic mass is 10.1. The molecule has 2 aromatic carbocycles. The quantitative estimate of drug-likeness (QED) is 0.626. The third kappa shape index (κ3) is 5.84. The van der Waals surface area contributed by atoms with Gasteiger partial charge in [0.25, 0.3) is 0 Å². The Morgan fingerprint density at radius 3 is 1.85 bits per heavy atom. The summed E-state index contributed by atoms with van der Waals surface area (Å²) in [6, 6.07) is 17.2. The van der Waals surface area contributed by atoms with Gasteiger partial charge in [0.05, 0.1) is 13.2 Å². The largest absolute Gasteiger partial charge is 0.507 e. The van der Waals surface area contributed by atoms with E-state index in [4.69, 9.17) is 10.2 Å². The normalized spacial score (nSPS) is 9.70. The van der Waals surface area contributed by atoms with Crippen molar-refractivity contribution in [3.8, 4) is 16.9 Å². The summed E-state index contributed by atoms with van der Waals surface area (Å²) >= 11 is 0. The van der Waals surface area contributed by atoms with Crippen LogP contribution in [0.4, 0.5) is 0 Å². The summed E-state index contributed by atoms with van der Waals surface area (Å²) in [5.74, 6) is 0.328. The highest BCUT2D eigenvalue weighted by molar-refractivity contribution is 5.69. The van der Waals surface area contributed by atoms with E-state index in [1.54, 1.807) is 6.07 Å². The second-order valence-corrected chi connectivity index (χ2v) is 4.08. The molecule has 2 aromatic rings. The van der Waals surface area contributed by atoms with Crippen molar-refractivity contribution in [2.75, 3.05) is 26.3 Å². The van der Waals surface area contributed by atoms with Gasteiger partial charge in [-0.2, -0.15) is 0 Å². The van der Waals surface area contributed by atoms with Crippen molar-refractivity contribution in [2.24, 2.45) is 0 Å². The van der Waals surface area contributed by atoms with Crippen LogP contribution in [0.15, 0.2) is 54.6 Å². The molecule has 0 amide bonds. The molecule has 4 N–H and O–H groups in total. The van der Waals surface area contributed by atoms with Crippen LogP contribution in [0.1, 0.15) is 0 Å². The summed E-state index contributed by atoms with van der Waals surface area (Å²) in [6.07, 6.45) is 0. The predicted molar refractivity (Wildman–Crippen MR) is 80.6 cm³/mol. The van der Waals surface area contributed by atoms with Crippen LogP contribution in [0.5, 0.6) is 5.75 Å². The Labute approximate surface area is 119 Å². The van der Waals surface area contributed by atoms with Crippen molar-refractivity contribution < 1.29 is 15.3 Å². The Morgan fingerprint density at radius 1 is 0.750 bits per heavy atom. The van der Waals surface area contributed by atoms with Crippen LogP contribution in [0.3, 0.4) is 0 Å². The lowest BCUT2D eigenvalue weighted by Gasteiger charge is -2.02. The first-order chi connectivity index (χ1) is 9.79. The molecule has 0 unspecified atom stereocenters. The van der Waals surface area contributed by atoms with E-state index in [9.17, 15) is 5.11 Å². The molecule has 0 spiro atoms. The number of phenols is 1. The molecule has 0 heterocycles. The Bertz CT molecular complexity index is 470. The lowest BCUT2D eigenvalue weighted by molar-refractivity contribution is 0.266. The van der Waals surface area contributed by atoms with E-state index in [0.29, 0.717) is 18.8 Å². The summed E-state index contributed by atoms with van der Waals surface area (Å²) in [6.45, 7) is 1.42. The summed E-state index contributed by atoms with van der Waals surface area (Å²) in [7, 11) is 0. The molecule has 0 atom stereocenters. The highest BCUT2D eigenvalue weighted by Gasteiger charge is 2.00. The lowest BCUT2D eigenvalue weighted by Crippen LogP contribution is -2.21. The molecule has 0 radical (unpaired) electrons. The third-order valence-corrected chi connectivity index (χ3v) is 2.57. The van der Waals surface area contributed by atoms with E-state index in [-0.39, 0.29) is 13.2 Å². The van der Waals surface area contributed by atoms with Crippen LogP contribution in [-0.2, 0) is 0 Å². The zero-order valence-electron chi connectivity index (χ0n) is 11.4. The van der Waals surface area contributed by atoms with E-state index in [2.05, 4.69) is 5.32 Å². The molecule has 0 saturated carbocycles. The molecule has 0 saturated heterocycles. The van der Waals surface area contributed by atoms with Crippen LogP contribution in [0.25, 0.3) is 11.1 Å². The van der Waals surface area contributed by atoms with Gasteiger partial charge < -0.3 is 20.6 Å². The maximum atomic E-state index is 9.56. The average molecular weight is 275 g/mol. The SMILES string of the molecule is OCCNCCO.Oc1ccccc1-c1ccccc1. The molecule has 108 valence electrons. The number of aromatic hydroxyl groups is 1. The van der Waals surface area contributed by atoms with E-state index in [1.807, 2.05) is 48.5 Å². The Morgan fingerprint density at radius 2 is 1.30 bits per heavy atom. The molecule has 20 heavy (non-hydrogen) atoms. The summed E-state index contributed by atoms with van der Waals surface area (Å²) in [5, 5.41) is 28.6. The first-order valence-corrected chi connectivity index (χ1v) is 6.55. The second kappa shape index (κ2) is 9.97. The molecule has 4 nitrogen and oxygen atoms in total. The van der Waals surface area contributed by atoms with Crippen LogP contribution >= 0.6 is 0 Å². The molecule has 0 fully saturated rings. The highest BCUT2D eigenvalue weighted by Crippen LogP contribution is 2.27. The van der Waals surface area contributed by atoms with E-state index >= 15 is 0 Å². The molecule has 4 heteroatoms. The number of phenolic OH excluding ortho intramolecular Hbond substituents is 1. The summed E-state index contributed by atoms with van der Waals surface area (Å²) in [4.78, 5) is 0. The van der Waals surface area contributed by atoms with Crippen LogP contribution in [0, 0.1) is 0 Å². The predicted octanol–water partition coefficient (Wildman–Crippen LogP) is 1.62. The van der Waals surface area contributed by atoms with E-state index in [1.165, 1.54) is 0 Å². The van der Waals surface area contributed by atoms with E-state index < -0.39 is 0 Å². The van der Waals surface area contributed by atoms with Crippen LogP contribution < -0.4 is 5.32 Å². The van der Waals surface area contributed by atoms with Crippen molar-refractivity contribution >= 4 is 0 Å². The number of nitrogens with one attached hydrogen (secondary N) is 1. The van der Waals surface area contributed by atoms with Gasteiger partial charge in [-0.15, -0.1) is 0 Å². The van der Waals surface area contributed by atoms with Gasteiger partial charge >= 0.3 is 0 Å². The fourth-order valence-corrected chi connectivity index (χ4v) is 1.62. The Balaban J connectivity index is 0.000000246. The van der Waals surface area contributed by atoms with Gasteiger partial charge in [-0.05, 0) is 11.6 Å². The van der Waals surface area contributed by atoms with Gasteiger partial charge in [-0.1, -0.05) is 48.5 Å². The van der Waals surface area contributed by atoms with Crippen molar-refractivity contribution in [1.82, 2.24) is 5.32 Å². The van der Waals surface area contributed by atoms with Crippen molar-refractivity contribution in [1.29, 1.82) is 0 Å². The number of aliphatic hydroxyl groups is 2. The minimum atomic E-state index is 0.139. The summed E-state index contributed by atoms with van der Waals surface area (Å²) < 4.78 is 0. The molecule has 0 aromatic heterocycles. The number of para-hydroxylation sites is 1. The Kier molecular flexibility index (Phi) is 8.07. The van der Waals surface area contributed by atoms with Crippen molar-refractivity contribution in [3.63, 3.8) is 0 Å². The Hall–Kier alpha value is -1.88. The standard InChI is InChI=1S/C12H10O.C4H11NO2/c13-12-9-5-4-8-11(12)10-6-2-1-3-7-10;6-3-1-5-2-4-7/h1-9,13H;5-7H,1-4H2. The minimum absolute atomic E-state index is 0.139. The third-order valence-electron chi connectivity index (χ3n) is 2.57. The zero-order valence-corrected chi connectivity index (χ0v) is 11.4. The number of rotatable bonds is 5. The van der Waals surface area contributed by atoms with Gasteiger partial charge in [0.15, 0.2) is 0 Å². The van der Waals surface area contributed by atoms with Gasteiger partial charge in [0.1, 0.15) is 5.75 Å². The molecule has 0 bridgehead atoms. The zero-order chi connectivity index (χ0) is 14.6. The monoisotopic (exact) mass is 275 g/mol. The molecule has 0 aliphatic rings. The topological polar surface area (TPSA) is 72.7 Å². The summed E-state index contributed by atoms with van der Waals surface area (Å²) in [5.41, 5.74) is 1.92. The molecular weight excluding hydrogens is 254 g/mol. The van der Waals surface area contributed by atoms with Crippen LogP contribution in [0.2, 0.25) is 0 Å². The first-order valence-electron chi connectivity index (χ1n) is 6.55. The van der Waals surface area contributed by atoms with Gasteiger partial charge in [-0.3, -0.25) is 0 Å². The molecule has 2 rings (SSSR count). The number of aliphatic hydroxyl groups excluding tert-OH is 2. The molecule has 0 aliphatic heterocycles. The average Bonchev–Trinajstić information content (AvgIpc) is 2.50. The smallest absolute Gasteiger partial charge is 0.123 e. The molecular formula is C16H21NO3. The van der Waals surface area contributed by atoms with Gasteiger partial charge in [0.2, 0.25) is 0 Å². The maximum Gasteiger partial charge on any atom is 0.123 e. The first kappa shape index (κ1) is 16.2. The van der Waals surface area contributed by atoms with Crippen molar-refractivity contribution in [2.45, 2.75) is 0 Å². The highest BCUT2D eigenvalue weighted by atomic mass is 16.3.